The lowest BCUT2D eigenvalue weighted by Crippen LogP contribution is -2.21. The first-order valence-electron chi connectivity index (χ1n) is 4.81. The average Bonchev–Trinajstić information content (AvgIpc) is 2.25. The monoisotopic (exact) mass is 189 g/mol. The molecule has 1 unspecified atom stereocenters. The number of nitrogens with one attached hydrogen (secondary N) is 1. The maximum absolute atomic E-state index is 5.24. The molecule has 3 heteroatoms. The third kappa shape index (κ3) is 3.15. The highest BCUT2D eigenvalue weighted by atomic mass is 14.9. The van der Waals surface area contributed by atoms with E-state index < -0.39 is 0 Å². The molecule has 0 saturated carbocycles. The largest absolute Gasteiger partial charge is 0.309 e. The van der Waals surface area contributed by atoms with Gasteiger partial charge in [0.05, 0.1) is 11.7 Å². The van der Waals surface area contributed by atoms with Crippen LogP contribution in [-0.2, 0) is 0 Å². The van der Waals surface area contributed by atoms with E-state index in [2.05, 4.69) is 28.1 Å². The molecule has 1 heterocycles. The van der Waals surface area contributed by atoms with Gasteiger partial charge in [0.15, 0.2) is 0 Å². The summed E-state index contributed by atoms with van der Waals surface area (Å²) < 4.78 is 0. The first kappa shape index (κ1) is 10.7. The van der Waals surface area contributed by atoms with E-state index >= 15 is 0 Å². The van der Waals surface area contributed by atoms with Crippen molar-refractivity contribution in [3.8, 4) is 12.3 Å². The van der Waals surface area contributed by atoms with Gasteiger partial charge in [0.1, 0.15) is 6.33 Å². The minimum atomic E-state index is 0.249. The van der Waals surface area contributed by atoms with Crippen LogP contribution < -0.4 is 5.32 Å². The fourth-order valence-corrected chi connectivity index (χ4v) is 1.34. The summed E-state index contributed by atoms with van der Waals surface area (Å²) in [5.41, 5.74) is 1.01. The number of rotatable bonds is 5. The summed E-state index contributed by atoms with van der Waals surface area (Å²) in [7, 11) is 0. The number of hydrogen-bond acceptors (Lipinski definition) is 3. The smallest absolute Gasteiger partial charge is 0.115 e. The molecule has 0 fully saturated rings. The van der Waals surface area contributed by atoms with Crippen LogP contribution in [0.25, 0.3) is 0 Å². The van der Waals surface area contributed by atoms with E-state index in [0.29, 0.717) is 0 Å². The van der Waals surface area contributed by atoms with Crippen molar-refractivity contribution in [1.29, 1.82) is 0 Å². The molecule has 1 rings (SSSR count). The van der Waals surface area contributed by atoms with E-state index in [-0.39, 0.29) is 6.04 Å². The van der Waals surface area contributed by atoms with Crippen LogP contribution in [-0.4, -0.2) is 16.5 Å². The molecule has 0 bridgehead atoms. The molecule has 1 N–H and O–H groups in total. The average molecular weight is 189 g/mol. The molecule has 0 aliphatic heterocycles. The second kappa shape index (κ2) is 6.11. The summed E-state index contributed by atoms with van der Waals surface area (Å²) >= 11 is 0. The molecular weight excluding hydrogens is 174 g/mol. The topological polar surface area (TPSA) is 37.8 Å². The summed E-state index contributed by atoms with van der Waals surface area (Å²) in [5.74, 6) is 2.64. The fraction of sp³-hybridized carbons (Fsp3) is 0.455. The number of terminal acetylenes is 1. The molecule has 1 aromatic heterocycles. The summed E-state index contributed by atoms with van der Waals surface area (Å²) in [6.07, 6.45) is 10.2. The lowest BCUT2D eigenvalue weighted by Gasteiger charge is -2.15. The molecule has 1 atom stereocenters. The van der Waals surface area contributed by atoms with Gasteiger partial charge in [-0.1, -0.05) is 6.92 Å². The lowest BCUT2D eigenvalue weighted by atomic mass is 10.1. The summed E-state index contributed by atoms with van der Waals surface area (Å²) in [5, 5.41) is 3.35. The van der Waals surface area contributed by atoms with E-state index in [1.165, 1.54) is 0 Å². The summed E-state index contributed by atoms with van der Waals surface area (Å²) in [4.78, 5) is 8.10. The van der Waals surface area contributed by atoms with Gasteiger partial charge in [-0.25, -0.2) is 9.97 Å². The molecule has 74 valence electrons. The maximum Gasteiger partial charge on any atom is 0.115 e. The maximum atomic E-state index is 5.24. The minimum Gasteiger partial charge on any atom is -0.309 e. The molecule has 0 saturated heterocycles. The van der Waals surface area contributed by atoms with Gasteiger partial charge < -0.3 is 5.32 Å². The van der Waals surface area contributed by atoms with Crippen molar-refractivity contribution in [2.75, 3.05) is 6.54 Å². The lowest BCUT2D eigenvalue weighted by molar-refractivity contribution is 0.509. The second-order valence-electron chi connectivity index (χ2n) is 2.99. The Bertz CT molecular complexity index is 289. The van der Waals surface area contributed by atoms with Crippen molar-refractivity contribution in [3.05, 3.63) is 24.3 Å². The second-order valence-corrected chi connectivity index (χ2v) is 2.99. The highest BCUT2D eigenvalue weighted by Crippen LogP contribution is 2.14. The molecule has 0 aliphatic rings. The van der Waals surface area contributed by atoms with Crippen molar-refractivity contribution >= 4 is 0 Å². The third-order valence-electron chi connectivity index (χ3n) is 1.99. The van der Waals surface area contributed by atoms with Gasteiger partial charge in [0.2, 0.25) is 0 Å². The van der Waals surface area contributed by atoms with Crippen LogP contribution in [0.4, 0.5) is 0 Å². The van der Waals surface area contributed by atoms with E-state index in [1.54, 1.807) is 12.5 Å². The van der Waals surface area contributed by atoms with Crippen LogP contribution in [0.3, 0.4) is 0 Å². The van der Waals surface area contributed by atoms with Crippen LogP contribution in [0.1, 0.15) is 31.5 Å². The Balaban J connectivity index is 2.63. The van der Waals surface area contributed by atoms with Crippen LogP contribution in [0, 0.1) is 12.3 Å². The van der Waals surface area contributed by atoms with Gasteiger partial charge in [-0.05, 0) is 19.0 Å². The number of nitrogens with zero attached hydrogens (tertiary/aromatic N) is 2. The molecule has 0 aromatic carbocycles. The predicted molar refractivity (Wildman–Crippen MR) is 56.5 cm³/mol. The Morgan fingerprint density at radius 1 is 1.64 bits per heavy atom. The Kier molecular flexibility index (Phi) is 4.66. The van der Waals surface area contributed by atoms with E-state index in [9.17, 15) is 0 Å². The first-order chi connectivity index (χ1) is 6.88. The SMILES string of the molecule is C#CCCC(NCC)c1ccncn1. The third-order valence-corrected chi connectivity index (χ3v) is 1.99. The van der Waals surface area contributed by atoms with Crippen molar-refractivity contribution in [2.24, 2.45) is 0 Å². The van der Waals surface area contributed by atoms with Crippen molar-refractivity contribution in [3.63, 3.8) is 0 Å². The number of hydrogen-bond donors (Lipinski definition) is 1. The zero-order valence-corrected chi connectivity index (χ0v) is 8.40. The van der Waals surface area contributed by atoms with Gasteiger partial charge in [-0.15, -0.1) is 12.3 Å². The molecular formula is C11H15N3. The van der Waals surface area contributed by atoms with Crippen LogP contribution in [0.2, 0.25) is 0 Å². The van der Waals surface area contributed by atoms with Crippen LogP contribution >= 0.6 is 0 Å². The normalized spacial score (nSPS) is 12.0. The number of aromatic nitrogens is 2. The van der Waals surface area contributed by atoms with Gasteiger partial charge in [-0.3, -0.25) is 0 Å². The minimum absolute atomic E-state index is 0.249. The molecule has 3 nitrogen and oxygen atoms in total. The van der Waals surface area contributed by atoms with Gasteiger partial charge >= 0.3 is 0 Å². The quantitative estimate of drug-likeness (QED) is 0.714. The van der Waals surface area contributed by atoms with Gasteiger partial charge in [0, 0.05) is 12.6 Å². The van der Waals surface area contributed by atoms with Gasteiger partial charge in [-0.2, -0.15) is 0 Å². The first-order valence-corrected chi connectivity index (χ1v) is 4.81. The standard InChI is InChI=1S/C11H15N3/c1-3-5-6-10(13-4-2)11-7-8-12-9-14-11/h1,7-10,13H,4-6H2,2H3. The highest BCUT2D eigenvalue weighted by molar-refractivity contribution is 5.05. The Morgan fingerprint density at radius 2 is 2.50 bits per heavy atom. The summed E-state index contributed by atoms with van der Waals surface area (Å²) in [6.45, 7) is 2.99. The zero-order chi connectivity index (χ0) is 10.2. The fourth-order valence-electron chi connectivity index (χ4n) is 1.34. The predicted octanol–water partition coefficient (Wildman–Crippen LogP) is 1.54. The van der Waals surface area contributed by atoms with Gasteiger partial charge in [0.25, 0.3) is 0 Å². The van der Waals surface area contributed by atoms with E-state index in [1.807, 2.05) is 6.07 Å². The Hall–Kier alpha value is -1.40. The van der Waals surface area contributed by atoms with Crippen LogP contribution in [0.15, 0.2) is 18.6 Å². The molecule has 0 amide bonds. The highest BCUT2D eigenvalue weighted by Gasteiger charge is 2.09. The molecule has 0 aliphatic carbocycles. The van der Waals surface area contributed by atoms with E-state index in [4.69, 9.17) is 6.42 Å². The Labute approximate surface area is 85.0 Å². The molecule has 14 heavy (non-hydrogen) atoms. The van der Waals surface area contributed by atoms with Crippen molar-refractivity contribution in [1.82, 2.24) is 15.3 Å². The Morgan fingerprint density at radius 3 is 3.07 bits per heavy atom. The summed E-state index contributed by atoms with van der Waals surface area (Å²) in [6, 6.07) is 2.17. The van der Waals surface area contributed by atoms with Crippen molar-refractivity contribution < 1.29 is 0 Å². The molecule has 0 radical (unpaired) electrons. The molecule has 0 spiro atoms. The zero-order valence-electron chi connectivity index (χ0n) is 8.40. The van der Waals surface area contributed by atoms with Crippen LogP contribution in [0.5, 0.6) is 0 Å². The molecule has 1 aromatic rings. The van der Waals surface area contributed by atoms with E-state index in [0.717, 1.165) is 25.1 Å². The van der Waals surface area contributed by atoms with Crippen molar-refractivity contribution in [2.45, 2.75) is 25.8 Å².